The van der Waals surface area contributed by atoms with Gasteiger partial charge in [-0.25, -0.2) is 9.59 Å². The Bertz CT molecular complexity index is 835. The minimum absolute atomic E-state index is 0.0707. The van der Waals surface area contributed by atoms with Gasteiger partial charge in [-0.15, -0.1) is 0 Å². The summed E-state index contributed by atoms with van der Waals surface area (Å²) in [5.74, 6) is 2.86. The summed E-state index contributed by atoms with van der Waals surface area (Å²) in [6.07, 6.45) is 14.6. The molecule has 3 aliphatic heterocycles. The van der Waals surface area contributed by atoms with E-state index < -0.39 is 0 Å². The van der Waals surface area contributed by atoms with Gasteiger partial charge in [0, 0.05) is 27.7 Å². The Morgan fingerprint density at radius 2 is 0.923 bits per heavy atom. The first kappa shape index (κ1) is 30.0. The smallest absolute Gasteiger partial charge is 0.410 e. The first-order valence-corrected chi connectivity index (χ1v) is 15.5. The van der Waals surface area contributed by atoms with Crippen LogP contribution >= 0.6 is 0 Å². The molecule has 6 aliphatic rings. The Labute approximate surface area is 236 Å². The van der Waals surface area contributed by atoms with E-state index in [4.69, 9.17) is 9.47 Å². The second-order valence-corrected chi connectivity index (χ2v) is 14.1. The Balaban J connectivity index is 0.000000136. The lowest BCUT2D eigenvalue weighted by molar-refractivity contribution is -0.136. The lowest BCUT2D eigenvalue weighted by atomic mass is 9.70. The van der Waals surface area contributed by atoms with Crippen molar-refractivity contribution >= 4 is 18.1 Å². The third-order valence-electron chi connectivity index (χ3n) is 10.6. The monoisotopic (exact) mass is 547 g/mol. The highest BCUT2D eigenvalue weighted by Crippen LogP contribution is 2.46. The summed E-state index contributed by atoms with van der Waals surface area (Å²) in [5.41, 5.74) is -0.183. The van der Waals surface area contributed by atoms with Gasteiger partial charge in [0.25, 0.3) is 0 Å². The zero-order chi connectivity index (χ0) is 28.4. The summed E-state index contributed by atoms with van der Waals surface area (Å²) >= 11 is 0. The van der Waals surface area contributed by atoms with Crippen molar-refractivity contribution in [3.8, 4) is 0 Å². The average Bonchev–Trinajstić information content (AvgIpc) is 3.46. The Morgan fingerprint density at radius 3 is 1.21 bits per heavy atom. The minimum atomic E-state index is -0.144. The first-order chi connectivity index (χ1) is 18.4. The van der Waals surface area contributed by atoms with Crippen LogP contribution in [-0.4, -0.2) is 84.8 Å². The Hall–Kier alpha value is -1.99. The molecule has 0 unspecified atom stereocenters. The van der Waals surface area contributed by atoms with Crippen molar-refractivity contribution in [2.45, 2.75) is 115 Å². The van der Waals surface area contributed by atoms with E-state index in [2.05, 4.69) is 20.8 Å². The summed E-state index contributed by atoms with van der Waals surface area (Å²) in [4.78, 5) is 39.7. The van der Waals surface area contributed by atoms with Crippen LogP contribution in [0.1, 0.15) is 104 Å². The third-order valence-corrected chi connectivity index (χ3v) is 10.6. The lowest BCUT2D eigenvalue weighted by Crippen LogP contribution is -2.37. The van der Waals surface area contributed by atoms with Crippen molar-refractivity contribution in [2.75, 3.05) is 40.8 Å². The van der Waals surface area contributed by atoms with Crippen molar-refractivity contribution in [1.29, 1.82) is 0 Å². The van der Waals surface area contributed by atoms with E-state index in [9.17, 15) is 14.4 Å². The maximum absolute atomic E-state index is 11.9. The van der Waals surface area contributed by atoms with Gasteiger partial charge in [-0.3, -0.25) is 4.79 Å². The topological polar surface area (TPSA) is 79.4 Å². The number of ether oxygens (including phenoxy) is 2. The molecule has 3 heterocycles. The number of carbonyl (C=O) groups is 3. The van der Waals surface area contributed by atoms with Crippen LogP contribution in [0.4, 0.5) is 9.59 Å². The van der Waals surface area contributed by atoms with E-state index in [0.29, 0.717) is 5.91 Å². The molecule has 0 aromatic rings. The molecule has 3 amide bonds. The summed E-state index contributed by atoms with van der Waals surface area (Å²) in [5, 5.41) is 0. The maximum atomic E-state index is 11.9. The van der Waals surface area contributed by atoms with Gasteiger partial charge in [0.1, 0.15) is 11.2 Å². The molecule has 8 nitrogen and oxygen atoms in total. The van der Waals surface area contributed by atoms with Gasteiger partial charge in [-0.1, -0.05) is 20.8 Å². The third kappa shape index (κ3) is 6.84. The van der Waals surface area contributed by atoms with Crippen LogP contribution in [0.2, 0.25) is 0 Å². The van der Waals surface area contributed by atoms with Crippen LogP contribution in [0, 0.1) is 23.2 Å². The van der Waals surface area contributed by atoms with Crippen molar-refractivity contribution in [3.05, 3.63) is 0 Å². The normalized spacial score (nSPS) is 39.9. The molecule has 3 saturated heterocycles. The van der Waals surface area contributed by atoms with Crippen LogP contribution in [0.5, 0.6) is 0 Å². The molecule has 3 saturated carbocycles. The molecule has 0 atom stereocenters. The number of nitrogens with zero attached hydrogens (tertiary/aromatic N) is 3. The number of rotatable bonds is 0. The fourth-order valence-electron chi connectivity index (χ4n) is 7.45. The predicted octanol–water partition coefficient (Wildman–Crippen LogP) is 6.08. The van der Waals surface area contributed by atoms with Gasteiger partial charge in [0.05, 0.1) is 18.5 Å². The Kier molecular flexibility index (Phi) is 9.12. The van der Waals surface area contributed by atoms with E-state index in [-0.39, 0.29) is 28.8 Å². The van der Waals surface area contributed by atoms with Gasteiger partial charge in [0.2, 0.25) is 5.91 Å². The van der Waals surface area contributed by atoms with Gasteiger partial charge < -0.3 is 24.2 Å². The van der Waals surface area contributed by atoms with Gasteiger partial charge >= 0.3 is 12.2 Å². The van der Waals surface area contributed by atoms with Crippen LogP contribution in [0.25, 0.3) is 0 Å². The van der Waals surface area contributed by atoms with Crippen LogP contribution < -0.4 is 0 Å². The fourth-order valence-corrected chi connectivity index (χ4v) is 7.45. The van der Waals surface area contributed by atoms with Crippen molar-refractivity contribution in [2.24, 2.45) is 23.2 Å². The average molecular weight is 548 g/mol. The summed E-state index contributed by atoms with van der Waals surface area (Å²) in [7, 11) is 5.57. The number of carbonyl (C=O) groups excluding carboxylic acids is 3. The molecule has 39 heavy (non-hydrogen) atoms. The van der Waals surface area contributed by atoms with Crippen molar-refractivity contribution in [1.82, 2.24) is 14.7 Å². The highest BCUT2D eigenvalue weighted by atomic mass is 16.6. The molecule has 6 rings (SSSR count). The largest absolute Gasteiger partial charge is 0.441 e. The first-order valence-electron chi connectivity index (χ1n) is 15.5. The van der Waals surface area contributed by atoms with E-state index >= 15 is 0 Å². The molecule has 0 bridgehead atoms. The molecule has 0 aromatic carbocycles. The van der Waals surface area contributed by atoms with Gasteiger partial charge in [0.15, 0.2) is 0 Å². The SMILES string of the molecule is CC1CCC2(CC1)CCN(C)C2=O.CC1CCC2(CC1)CN(C)C(=O)O2.CC1CCC2(CC1)CN(C)C(=O)O2. The number of hydrogen-bond acceptors (Lipinski definition) is 5. The molecule has 0 aromatic heterocycles. The zero-order valence-electron chi connectivity index (χ0n) is 25.4. The molecule has 222 valence electrons. The predicted molar refractivity (Wildman–Crippen MR) is 151 cm³/mol. The zero-order valence-corrected chi connectivity index (χ0v) is 25.4. The molecule has 0 N–H and O–H groups in total. The summed E-state index contributed by atoms with van der Waals surface area (Å²) in [6, 6.07) is 0. The number of hydrogen-bond donors (Lipinski definition) is 0. The van der Waals surface area contributed by atoms with Crippen LogP contribution in [0.3, 0.4) is 0 Å². The maximum Gasteiger partial charge on any atom is 0.410 e. The number of amides is 3. The summed E-state index contributed by atoms with van der Waals surface area (Å²) < 4.78 is 10.9. The molecule has 6 fully saturated rings. The van der Waals surface area contributed by atoms with Crippen molar-refractivity contribution in [3.63, 3.8) is 0 Å². The highest BCUT2D eigenvalue weighted by molar-refractivity contribution is 5.84. The molecule has 3 spiro atoms. The standard InChI is InChI=1S/C11H19NO.2C10H17NO2/c1-9-3-5-11(6-4-9)7-8-12(2)10(11)13;2*1-8-3-5-10(6-4-8)7-11(2)9(12)13-10/h9H,3-8H2,1-2H3;2*8H,3-7H2,1-2H3. The number of likely N-dealkylation sites (tertiary alicyclic amines) is 1. The van der Waals surface area contributed by atoms with E-state index in [1.54, 1.807) is 9.80 Å². The second-order valence-electron chi connectivity index (χ2n) is 14.1. The number of likely N-dealkylation sites (N-methyl/N-ethyl adjacent to an activating group) is 2. The van der Waals surface area contributed by atoms with Gasteiger partial charge in [-0.05, 0) is 101 Å². The van der Waals surface area contributed by atoms with Crippen LogP contribution in [-0.2, 0) is 14.3 Å². The molecule has 8 heteroatoms. The molecule has 0 radical (unpaired) electrons. The Morgan fingerprint density at radius 1 is 0.564 bits per heavy atom. The van der Waals surface area contributed by atoms with Crippen LogP contribution in [0.15, 0.2) is 0 Å². The highest BCUT2D eigenvalue weighted by Gasteiger charge is 2.47. The van der Waals surface area contributed by atoms with E-state index in [1.807, 2.05) is 26.0 Å². The molecular formula is C31H53N3O5. The second kappa shape index (κ2) is 11.9. The van der Waals surface area contributed by atoms with E-state index in [0.717, 1.165) is 82.3 Å². The lowest BCUT2D eigenvalue weighted by Gasteiger charge is -2.34. The fraction of sp³-hybridized carbons (Fsp3) is 0.903. The summed E-state index contributed by atoms with van der Waals surface area (Å²) in [6.45, 7) is 9.40. The van der Waals surface area contributed by atoms with Gasteiger partial charge in [-0.2, -0.15) is 0 Å². The quantitative estimate of drug-likeness (QED) is 0.367. The minimum Gasteiger partial charge on any atom is -0.441 e. The molecular weight excluding hydrogens is 494 g/mol. The van der Waals surface area contributed by atoms with Crippen molar-refractivity contribution < 1.29 is 23.9 Å². The molecule has 3 aliphatic carbocycles. The van der Waals surface area contributed by atoms with E-state index in [1.165, 1.54) is 38.5 Å².